The van der Waals surface area contributed by atoms with E-state index < -0.39 is 5.60 Å². The number of rotatable bonds is 5. The van der Waals surface area contributed by atoms with E-state index in [0.717, 1.165) is 10.5 Å². The van der Waals surface area contributed by atoms with Crippen LogP contribution < -0.4 is 5.73 Å². The second-order valence-electron chi connectivity index (χ2n) is 4.32. The van der Waals surface area contributed by atoms with Crippen LogP contribution in [-0.4, -0.2) is 17.4 Å². The van der Waals surface area contributed by atoms with Crippen molar-refractivity contribution < 1.29 is 5.11 Å². The van der Waals surface area contributed by atoms with Crippen LogP contribution >= 0.6 is 23.4 Å². The lowest BCUT2D eigenvalue weighted by atomic mass is 9.96. The van der Waals surface area contributed by atoms with E-state index in [9.17, 15) is 5.11 Å². The van der Waals surface area contributed by atoms with Crippen LogP contribution in [0.3, 0.4) is 0 Å². The van der Waals surface area contributed by atoms with Gasteiger partial charge in [0.25, 0.3) is 0 Å². The molecule has 2 aromatic rings. The summed E-state index contributed by atoms with van der Waals surface area (Å²) >= 11 is 7.62. The minimum Gasteiger partial charge on any atom is -0.383 e. The molecular formula is C15H16ClNOS. The molecule has 0 aromatic heterocycles. The van der Waals surface area contributed by atoms with Gasteiger partial charge in [-0.05, 0) is 17.7 Å². The average molecular weight is 294 g/mol. The van der Waals surface area contributed by atoms with Crippen molar-refractivity contribution in [3.05, 3.63) is 65.2 Å². The van der Waals surface area contributed by atoms with E-state index in [-0.39, 0.29) is 6.54 Å². The molecule has 100 valence electrons. The molecule has 2 rings (SSSR count). The van der Waals surface area contributed by atoms with Gasteiger partial charge in [0.1, 0.15) is 5.60 Å². The van der Waals surface area contributed by atoms with Crippen molar-refractivity contribution in [2.75, 3.05) is 12.3 Å². The fraction of sp³-hybridized carbons (Fsp3) is 0.200. The SMILES string of the molecule is NCC(O)(CSc1ccccc1Cl)c1ccccc1. The molecule has 0 spiro atoms. The summed E-state index contributed by atoms with van der Waals surface area (Å²) in [5, 5.41) is 11.3. The molecule has 0 saturated heterocycles. The fourth-order valence-electron chi connectivity index (χ4n) is 1.77. The van der Waals surface area contributed by atoms with Gasteiger partial charge in [0.05, 0.1) is 5.02 Å². The number of halogens is 1. The van der Waals surface area contributed by atoms with Crippen LogP contribution in [0.1, 0.15) is 5.56 Å². The molecule has 0 bridgehead atoms. The molecule has 3 N–H and O–H groups in total. The summed E-state index contributed by atoms with van der Waals surface area (Å²) in [4.78, 5) is 0.951. The highest BCUT2D eigenvalue weighted by Crippen LogP contribution is 2.32. The Morgan fingerprint density at radius 1 is 1.05 bits per heavy atom. The molecule has 0 saturated carbocycles. The Morgan fingerprint density at radius 2 is 1.68 bits per heavy atom. The molecule has 0 aliphatic rings. The maximum absolute atomic E-state index is 10.7. The molecule has 0 fully saturated rings. The lowest BCUT2D eigenvalue weighted by Crippen LogP contribution is -2.37. The van der Waals surface area contributed by atoms with Crippen LogP contribution in [0.15, 0.2) is 59.5 Å². The third-order valence-corrected chi connectivity index (χ3v) is 4.68. The summed E-state index contributed by atoms with van der Waals surface area (Å²) in [5.74, 6) is 0.469. The van der Waals surface area contributed by atoms with Crippen molar-refractivity contribution in [1.82, 2.24) is 0 Å². The first kappa shape index (κ1) is 14.4. The maximum atomic E-state index is 10.7. The monoisotopic (exact) mass is 293 g/mol. The Hall–Kier alpha value is -1.00. The molecule has 19 heavy (non-hydrogen) atoms. The minimum absolute atomic E-state index is 0.175. The van der Waals surface area contributed by atoms with Crippen molar-refractivity contribution >= 4 is 23.4 Å². The normalized spacial score (nSPS) is 14.1. The van der Waals surface area contributed by atoms with Crippen LogP contribution in [0, 0.1) is 0 Å². The van der Waals surface area contributed by atoms with Gasteiger partial charge in [-0.1, -0.05) is 54.1 Å². The summed E-state index contributed by atoms with van der Waals surface area (Å²) in [6.45, 7) is 0.175. The first-order valence-corrected chi connectivity index (χ1v) is 7.37. The molecule has 2 aromatic carbocycles. The quantitative estimate of drug-likeness (QED) is 0.832. The fourth-order valence-corrected chi connectivity index (χ4v) is 3.13. The maximum Gasteiger partial charge on any atom is 0.111 e. The van der Waals surface area contributed by atoms with Gasteiger partial charge in [-0.3, -0.25) is 0 Å². The number of nitrogens with two attached hydrogens (primary N) is 1. The Morgan fingerprint density at radius 3 is 2.32 bits per heavy atom. The first-order valence-electron chi connectivity index (χ1n) is 6.01. The van der Waals surface area contributed by atoms with Crippen LogP contribution in [0.5, 0.6) is 0 Å². The molecule has 0 radical (unpaired) electrons. The summed E-state index contributed by atoms with van der Waals surface area (Å²) in [6.07, 6.45) is 0. The highest BCUT2D eigenvalue weighted by atomic mass is 35.5. The third kappa shape index (κ3) is 3.51. The van der Waals surface area contributed by atoms with Crippen LogP contribution in [0.4, 0.5) is 0 Å². The smallest absolute Gasteiger partial charge is 0.111 e. The van der Waals surface area contributed by atoms with Crippen LogP contribution in [0.25, 0.3) is 0 Å². The van der Waals surface area contributed by atoms with E-state index in [1.54, 1.807) is 0 Å². The minimum atomic E-state index is -1.04. The largest absolute Gasteiger partial charge is 0.383 e. The molecule has 1 atom stereocenters. The van der Waals surface area contributed by atoms with Crippen LogP contribution in [0.2, 0.25) is 5.02 Å². The van der Waals surface area contributed by atoms with Crippen LogP contribution in [-0.2, 0) is 5.60 Å². The Balaban J connectivity index is 2.14. The zero-order chi connectivity index (χ0) is 13.7. The second-order valence-corrected chi connectivity index (χ2v) is 5.75. The molecule has 0 aliphatic carbocycles. The third-order valence-electron chi connectivity index (χ3n) is 2.95. The van der Waals surface area contributed by atoms with Gasteiger partial charge in [0.2, 0.25) is 0 Å². The van der Waals surface area contributed by atoms with E-state index in [0.29, 0.717) is 10.8 Å². The van der Waals surface area contributed by atoms with Crippen molar-refractivity contribution in [3.63, 3.8) is 0 Å². The highest BCUT2D eigenvalue weighted by Gasteiger charge is 2.27. The summed E-state index contributed by atoms with van der Waals surface area (Å²) in [5.41, 5.74) is 5.54. The van der Waals surface area contributed by atoms with Gasteiger partial charge in [0.15, 0.2) is 0 Å². The number of thioether (sulfide) groups is 1. The molecule has 4 heteroatoms. The first-order chi connectivity index (χ1) is 9.15. The number of hydrogen-bond acceptors (Lipinski definition) is 3. The molecule has 0 amide bonds. The Bertz CT molecular complexity index is 535. The van der Waals surface area contributed by atoms with Gasteiger partial charge < -0.3 is 10.8 Å². The summed E-state index contributed by atoms with van der Waals surface area (Å²) in [6, 6.07) is 17.1. The standard InChI is InChI=1S/C15H16ClNOS/c16-13-8-4-5-9-14(13)19-11-15(18,10-17)12-6-2-1-3-7-12/h1-9,18H,10-11,17H2. The zero-order valence-electron chi connectivity index (χ0n) is 10.4. The number of benzene rings is 2. The van der Waals surface area contributed by atoms with Crippen molar-refractivity contribution in [1.29, 1.82) is 0 Å². The average Bonchev–Trinajstić information content (AvgIpc) is 2.47. The van der Waals surface area contributed by atoms with E-state index in [1.807, 2.05) is 54.6 Å². The number of hydrogen-bond donors (Lipinski definition) is 2. The van der Waals surface area contributed by atoms with Gasteiger partial charge in [0, 0.05) is 17.2 Å². The molecule has 0 heterocycles. The molecule has 1 unspecified atom stereocenters. The van der Waals surface area contributed by atoms with Crippen molar-refractivity contribution in [2.24, 2.45) is 5.73 Å². The zero-order valence-corrected chi connectivity index (χ0v) is 12.0. The van der Waals surface area contributed by atoms with Crippen molar-refractivity contribution in [3.8, 4) is 0 Å². The van der Waals surface area contributed by atoms with E-state index in [2.05, 4.69) is 0 Å². The van der Waals surface area contributed by atoms with Crippen molar-refractivity contribution in [2.45, 2.75) is 10.5 Å². The lowest BCUT2D eigenvalue weighted by Gasteiger charge is -2.26. The van der Waals surface area contributed by atoms with Gasteiger partial charge in [-0.25, -0.2) is 0 Å². The topological polar surface area (TPSA) is 46.2 Å². The Labute approximate surface area is 122 Å². The summed E-state index contributed by atoms with van der Waals surface area (Å²) in [7, 11) is 0. The van der Waals surface area contributed by atoms with Gasteiger partial charge in [-0.2, -0.15) is 0 Å². The lowest BCUT2D eigenvalue weighted by molar-refractivity contribution is 0.0721. The highest BCUT2D eigenvalue weighted by molar-refractivity contribution is 7.99. The van der Waals surface area contributed by atoms with Gasteiger partial charge in [-0.15, -0.1) is 11.8 Å². The van der Waals surface area contributed by atoms with E-state index >= 15 is 0 Å². The molecule has 2 nitrogen and oxygen atoms in total. The predicted molar refractivity (Wildman–Crippen MR) is 81.6 cm³/mol. The summed E-state index contributed by atoms with van der Waals surface area (Å²) < 4.78 is 0. The van der Waals surface area contributed by atoms with Gasteiger partial charge >= 0.3 is 0 Å². The molecule has 0 aliphatic heterocycles. The second kappa shape index (κ2) is 6.44. The molecular weight excluding hydrogens is 278 g/mol. The predicted octanol–water partition coefficient (Wildman–Crippen LogP) is 3.28. The van der Waals surface area contributed by atoms with E-state index in [4.69, 9.17) is 17.3 Å². The Kier molecular flexibility index (Phi) is 4.88. The van der Waals surface area contributed by atoms with E-state index in [1.165, 1.54) is 11.8 Å². The number of aliphatic hydroxyl groups is 1.